The molecule has 1 aromatic carbocycles. The first-order valence-electron chi connectivity index (χ1n) is 4.30. The molecule has 0 amide bonds. The van der Waals surface area contributed by atoms with E-state index < -0.39 is 12.2 Å². The Morgan fingerprint density at radius 1 is 1.21 bits per heavy atom. The summed E-state index contributed by atoms with van der Waals surface area (Å²) in [6, 6.07) is 5.38. The van der Waals surface area contributed by atoms with E-state index >= 15 is 0 Å². The van der Waals surface area contributed by atoms with Crippen molar-refractivity contribution in [1.82, 2.24) is 0 Å². The van der Waals surface area contributed by atoms with Crippen LogP contribution in [0.5, 0.6) is 0 Å². The molecule has 1 N–H and O–H groups in total. The van der Waals surface area contributed by atoms with Crippen molar-refractivity contribution in [2.24, 2.45) is 0 Å². The molecule has 0 fully saturated rings. The highest BCUT2D eigenvalue weighted by Gasteiger charge is 2.35. The smallest absolute Gasteiger partial charge is 0.374 e. The Kier molecular flexibility index (Phi) is 3.03. The van der Waals surface area contributed by atoms with Crippen LogP contribution in [0.1, 0.15) is 12.5 Å². The maximum atomic E-state index is 12.2. The third-order valence-electron chi connectivity index (χ3n) is 2.01. The van der Waals surface area contributed by atoms with Crippen molar-refractivity contribution in [2.75, 3.05) is 5.32 Å². The zero-order valence-electron chi connectivity index (χ0n) is 8.02. The molecule has 0 aliphatic carbocycles. The normalized spacial score (nSPS) is 13.8. The summed E-state index contributed by atoms with van der Waals surface area (Å²) in [4.78, 5) is 0. The van der Waals surface area contributed by atoms with Crippen molar-refractivity contribution >= 4 is 5.69 Å². The van der Waals surface area contributed by atoms with Gasteiger partial charge in [-0.25, -0.2) is 0 Å². The zero-order valence-corrected chi connectivity index (χ0v) is 8.02. The van der Waals surface area contributed by atoms with Crippen molar-refractivity contribution in [2.45, 2.75) is 26.1 Å². The Morgan fingerprint density at radius 3 is 2.29 bits per heavy atom. The van der Waals surface area contributed by atoms with Crippen LogP contribution in [0.15, 0.2) is 24.3 Å². The van der Waals surface area contributed by atoms with Crippen LogP contribution in [0.4, 0.5) is 18.9 Å². The molecule has 78 valence electrons. The first-order valence-corrected chi connectivity index (χ1v) is 4.30. The molecule has 0 heterocycles. The summed E-state index contributed by atoms with van der Waals surface area (Å²) in [5.74, 6) is 0. The molecule has 0 aliphatic heterocycles. The number of para-hydroxylation sites is 1. The first-order chi connectivity index (χ1) is 6.41. The molecule has 1 aromatic rings. The number of anilines is 1. The van der Waals surface area contributed by atoms with Crippen LogP contribution >= 0.6 is 0 Å². The Labute approximate surface area is 80.9 Å². The van der Waals surface area contributed by atoms with Gasteiger partial charge in [0.05, 0.1) is 0 Å². The van der Waals surface area contributed by atoms with E-state index in [4.69, 9.17) is 0 Å². The van der Waals surface area contributed by atoms with Gasteiger partial charge in [0.1, 0.15) is 6.04 Å². The van der Waals surface area contributed by atoms with Gasteiger partial charge in [0.2, 0.25) is 0 Å². The van der Waals surface area contributed by atoms with Crippen LogP contribution in [0.25, 0.3) is 0 Å². The van der Waals surface area contributed by atoms with E-state index in [0.29, 0.717) is 5.69 Å². The lowest BCUT2D eigenvalue weighted by atomic mass is 10.2. The number of rotatable bonds is 2. The van der Waals surface area contributed by atoms with Crippen LogP contribution in [0, 0.1) is 6.92 Å². The van der Waals surface area contributed by atoms with Gasteiger partial charge in [-0.2, -0.15) is 13.2 Å². The monoisotopic (exact) mass is 203 g/mol. The number of benzene rings is 1. The average molecular weight is 203 g/mol. The Bertz CT molecular complexity index is 306. The van der Waals surface area contributed by atoms with Gasteiger partial charge < -0.3 is 5.32 Å². The van der Waals surface area contributed by atoms with E-state index in [0.717, 1.165) is 12.5 Å². The van der Waals surface area contributed by atoms with Crippen molar-refractivity contribution in [1.29, 1.82) is 0 Å². The van der Waals surface area contributed by atoms with Gasteiger partial charge >= 0.3 is 6.18 Å². The van der Waals surface area contributed by atoms with Crippen molar-refractivity contribution in [3.63, 3.8) is 0 Å². The number of hydrogen-bond donors (Lipinski definition) is 1. The molecule has 14 heavy (non-hydrogen) atoms. The largest absolute Gasteiger partial charge is 0.408 e. The standard InChI is InChI=1S/C10H12F3N/c1-7-5-3-4-6-9(7)14-8(2)10(11,12)13/h3-6,8,14H,1-2H3. The van der Waals surface area contributed by atoms with E-state index in [2.05, 4.69) is 5.32 Å². The number of halogens is 3. The highest BCUT2D eigenvalue weighted by Crippen LogP contribution is 2.24. The molecule has 4 heteroatoms. The van der Waals surface area contributed by atoms with Crippen molar-refractivity contribution in [3.8, 4) is 0 Å². The van der Waals surface area contributed by atoms with Gasteiger partial charge in [0, 0.05) is 5.69 Å². The molecular formula is C10H12F3N. The maximum absolute atomic E-state index is 12.2. The van der Waals surface area contributed by atoms with Gasteiger partial charge in [-0.1, -0.05) is 18.2 Å². The molecular weight excluding hydrogens is 191 g/mol. The third kappa shape index (κ3) is 2.65. The van der Waals surface area contributed by atoms with E-state index in [1.807, 2.05) is 0 Å². The number of alkyl halides is 3. The SMILES string of the molecule is Cc1ccccc1NC(C)C(F)(F)F. The number of aryl methyl sites for hydroxylation is 1. The fourth-order valence-corrected chi connectivity index (χ4v) is 1.05. The topological polar surface area (TPSA) is 12.0 Å². The minimum atomic E-state index is -4.21. The van der Waals surface area contributed by atoms with Crippen LogP contribution < -0.4 is 5.32 Å². The fraction of sp³-hybridized carbons (Fsp3) is 0.400. The second kappa shape index (κ2) is 3.90. The predicted molar refractivity (Wildman–Crippen MR) is 50.3 cm³/mol. The summed E-state index contributed by atoms with van der Waals surface area (Å²) in [5, 5.41) is 2.43. The van der Waals surface area contributed by atoms with Crippen molar-refractivity contribution in [3.05, 3.63) is 29.8 Å². The van der Waals surface area contributed by atoms with Gasteiger partial charge in [0.15, 0.2) is 0 Å². The molecule has 1 nitrogen and oxygen atoms in total. The maximum Gasteiger partial charge on any atom is 0.408 e. The molecule has 0 radical (unpaired) electrons. The second-order valence-corrected chi connectivity index (χ2v) is 3.22. The quantitative estimate of drug-likeness (QED) is 0.777. The lowest BCUT2D eigenvalue weighted by molar-refractivity contribution is -0.138. The van der Waals surface area contributed by atoms with Gasteiger partial charge in [-0.05, 0) is 25.5 Å². The van der Waals surface area contributed by atoms with Crippen LogP contribution in [0.2, 0.25) is 0 Å². The van der Waals surface area contributed by atoms with Crippen molar-refractivity contribution < 1.29 is 13.2 Å². The number of hydrogen-bond acceptors (Lipinski definition) is 1. The summed E-state index contributed by atoms with van der Waals surface area (Å²) < 4.78 is 36.6. The lowest BCUT2D eigenvalue weighted by Gasteiger charge is -2.19. The van der Waals surface area contributed by atoms with E-state index in [1.54, 1.807) is 31.2 Å². The summed E-state index contributed by atoms with van der Waals surface area (Å²) in [5.41, 5.74) is 1.33. The van der Waals surface area contributed by atoms with Gasteiger partial charge in [-0.3, -0.25) is 0 Å². The first kappa shape index (κ1) is 10.9. The lowest BCUT2D eigenvalue weighted by Crippen LogP contribution is -2.33. The fourth-order valence-electron chi connectivity index (χ4n) is 1.05. The Morgan fingerprint density at radius 2 is 1.79 bits per heavy atom. The molecule has 1 unspecified atom stereocenters. The van der Waals surface area contributed by atoms with Gasteiger partial charge in [-0.15, -0.1) is 0 Å². The molecule has 1 rings (SSSR count). The molecule has 0 spiro atoms. The summed E-state index contributed by atoms with van der Waals surface area (Å²) in [6.07, 6.45) is -4.21. The zero-order chi connectivity index (χ0) is 10.8. The summed E-state index contributed by atoms with van der Waals surface area (Å²) in [6.45, 7) is 2.87. The van der Waals surface area contributed by atoms with Crippen LogP contribution in [0.3, 0.4) is 0 Å². The molecule has 0 saturated carbocycles. The molecule has 1 atom stereocenters. The predicted octanol–water partition coefficient (Wildman–Crippen LogP) is 3.36. The highest BCUT2D eigenvalue weighted by molar-refractivity contribution is 5.50. The van der Waals surface area contributed by atoms with E-state index in [1.165, 1.54) is 0 Å². The Hall–Kier alpha value is -1.19. The minimum Gasteiger partial charge on any atom is -0.374 e. The highest BCUT2D eigenvalue weighted by atomic mass is 19.4. The van der Waals surface area contributed by atoms with E-state index in [-0.39, 0.29) is 0 Å². The average Bonchev–Trinajstić information content (AvgIpc) is 2.07. The van der Waals surface area contributed by atoms with Crippen LogP contribution in [-0.4, -0.2) is 12.2 Å². The minimum absolute atomic E-state index is 0.525. The summed E-state index contributed by atoms with van der Waals surface area (Å²) >= 11 is 0. The van der Waals surface area contributed by atoms with Gasteiger partial charge in [0.25, 0.3) is 0 Å². The van der Waals surface area contributed by atoms with E-state index in [9.17, 15) is 13.2 Å². The molecule has 0 saturated heterocycles. The molecule has 0 aliphatic rings. The third-order valence-corrected chi connectivity index (χ3v) is 2.01. The van der Waals surface area contributed by atoms with Crippen LogP contribution in [-0.2, 0) is 0 Å². The number of nitrogens with one attached hydrogen (secondary N) is 1. The summed E-state index contributed by atoms with van der Waals surface area (Å²) in [7, 11) is 0. The molecule has 0 bridgehead atoms. The molecule has 0 aromatic heterocycles. The second-order valence-electron chi connectivity index (χ2n) is 3.22. The Balaban J connectivity index is 2.75.